The second-order valence-corrected chi connectivity index (χ2v) is 6.74. The van der Waals surface area contributed by atoms with Gasteiger partial charge in [0.1, 0.15) is 24.9 Å². The summed E-state index contributed by atoms with van der Waals surface area (Å²) in [5.41, 5.74) is 0. The highest BCUT2D eigenvalue weighted by Crippen LogP contribution is 2.26. The number of aliphatic hydroxyl groups is 2. The first-order valence-electron chi connectivity index (χ1n) is 8.01. The number of ether oxygens (including phenoxy) is 3. The van der Waals surface area contributed by atoms with Crippen LogP contribution in [0, 0.1) is 17.8 Å². The summed E-state index contributed by atoms with van der Waals surface area (Å²) in [6.45, 7) is 7.92. The highest BCUT2D eigenvalue weighted by atomic mass is 16.6. The largest absolute Gasteiger partial charge is 0.465 e. The summed E-state index contributed by atoms with van der Waals surface area (Å²) in [4.78, 5) is 22.5. The molecule has 7 heteroatoms. The average molecular weight is 348 g/mol. The number of carbonyl (C=O) groups is 2. The molecule has 1 aliphatic rings. The number of esters is 1. The van der Waals surface area contributed by atoms with Gasteiger partial charge in [0.25, 0.3) is 6.47 Å². The number of carbonyl (C=O) groups excluding carboxylic acids is 2. The smallest absolute Gasteiger partial charge is 0.309 e. The molecule has 1 aliphatic heterocycles. The molecule has 0 radical (unpaired) electrons. The molecular weight excluding hydrogens is 316 g/mol. The minimum Gasteiger partial charge on any atom is -0.465 e. The lowest BCUT2D eigenvalue weighted by atomic mass is 9.87. The van der Waals surface area contributed by atoms with Crippen LogP contribution in [0.1, 0.15) is 41.5 Å². The summed E-state index contributed by atoms with van der Waals surface area (Å²) >= 11 is 0. The van der Waals surface area contributed by atoms with E-state index in [4.69, 9.17) is 9.47 Å². The molecule has 1 saturated heterocycles. The number of hydrogen-bond donors (Lipinski definition) is 2. The van der Waals surface area contributed by atoms with E-state index in [9.17, 15) is 19.8 Å². The molecule has 0 aromatic heterocycles. The molecule has 0 aromatic carbocycles. The van der Waals surface area contributed by atoms with E-state index >= 15 is 0 Å². The van der Waals surface area contributed by atoms with Crippen LogP contribution in [-0.4, -0.2) is 60.3 Å². The third-order valence-electron chi connectivity index (χ3n) is 3.99. The van der Waals surface area contributed by atoms with Crippen LogP contribution < -0.4 is 0 Å². The molecule has 5 unspecified atom stereocenters. The molecule has 0 aromatic rings. The van der Waals surface area contributed by atoms with Gasteiger partial charge in [-0.25, -0.2) is 0 Å². The molecule has 7 nitrogen and oxygen atoms in total. The molecule has 0 aliphatic carbocycles. The van der Waals surface area contributed by atoms with Gasteiger partial charge in [-0.3, -0.25) is 9.59 Å². The Morgan fingerprint density at radius 2 is 1.96 bits per heavy atom. The zero-order valence-corrected chi connectivity index (χ0v) is 14.2. The van der Waals surface area contributed by atoms with Crippen LogP contribution in [-0.2, 0) is 23.8 Å². The average Bonchev–Trinajstić information content (AvgIpc) is 2.83. The van der Waals surface area contributed by atoms with Crippen LogP contribution in [0.5, 0.6) is 0 Å². The van der Waals surface area contributed by atoms with Crippen molar-refractivity contribution in [1.82, 2.24) is 0 Å². The lowest BCUT2D eigenvalue weighted by Gasteiger charge is -2.25. The molecule has 0 bridgehead atoms. The predicted octanol–water partition coefficient (Wildman–Crippen LogP) is 1.15. The van der Waals surface area contributed by atoms with Gasteiger partial charge in [0.05, 0.1) is 12.5 Å². The van der Waals surface area contributed by atoms with Gasteiger partial charge in [-0.2, -0.15) is 0 Å². The van der Waals surface area contributed by atoms with Crippen LogP contribution in [0.3, 0.4) is 0 Å². The minimum absolute atomic E-state index is 0. The lowest BCUT2D eigenvalue weighted by molar-refractivity contribution is -0.160. The van der Waals surface area contributed by atoms with Gasteiger partial charge in [-0.1, -0.05) is 35.1 Å². The molecule has 0 amide bonds. The standard InChI is InChI=1S/C16H28O7.CH4/c1-9(2)5-11(10(3)4)16(20)23-13-7-22-15(14(13)19)12(18)6-21-8-17;/h8-15,18-19H,5-7H2,1-4H3;1H4. The monoisotopic (exact) mass is 348 g/mol. The first-order chi connectivity index (χ1) is 10.8. The van der Waals surface area contributed by atoms with Crippen molar-refractivity contribution in [2.75, 3.05) is 13.2 Å². The normalized spacial score (nSPS) is 25.9. The fourth-order valence-corrected chi connectivity index (χ4v) is 2.67. The van der Waals surface area contributed by atoms with E-state index in [1.54, 1.807) is 0 Å². The maximum atomic E-state index is 12.3. The van der Waals surface area contributed by atoms with E-state index in [1.165, 1.54) is 0 Å². The molecule has 0 saturated carbocycles. The molecule has 2 N–H and O–H groups in total. The topological polar surface area (TPSA) is 102 Å². The van der Waals surface area contributed by atoms with Gasteiger partial charge in [0, 0.05) is 0 Å². The first kappa shape index (κ1) is 22.8. The van der Waals surface area contributed by atoms with E-state index in [0.717, 1.165) is 0 Å². The van der Waals surface area contributed by atoms with Crippen LogP contribution in [0.25, 0.3) is 0 Å². The van der Waals surface area contributed by atoms with E-state index in [1.807, 2.05) is 27.7 Å². The molecule has 0 spiro atoms. The number of aliphatic hydroxyl groups excluding tert-OH is 2. The highest BCUT2D eigenvalue weighted by molar-refractivity contribution is 5.73. The number of hydrogen-bond acceptors (Lipinski definition) is 7. The zero-order chi connectivity index (χ0) is 17.6. The summed E-state index contributed by atoms with van der Waals surface area (Å²) in [5.74, 6) is -0.119. The summed E-state index contributed by atoms with van der Waals surface area (Å²) in [7, 11) is 0. The van der Waals surface area contributed by atoms with Crippen LogP contribution >= 0.6 is 0 Å². The Labute approximate surface area is 144 Å². The minimum atomic E-state index is -1.17. The summed E-state index contributed by atoms with van der Waals surface area (Å²) in [5, 5.41) is 20.0. The molecule has 5 atom stereocenters. The fraction of sp³-hybridized carbons (Fsp3) is 0.882. The van der Waals surface area contributed by atoms with E-state index in [0.29, 0.717) is 12.3 Å². The Kier molecular flexibility index (Phi) is 10.1. The molecule has 1 rings (SSSR count). The van der Waals surface area contributed by atoms with Crippen LogP contribution in [0.2, 0.25) is 0 Å². The van der Waals surface area contributed by atoms with Crippen LogP contribution in [0.15, 0.2) is 0 Å². The van der Waals surface area contributed by atoms with Gasteiger partial charge in [-0.05, 0) is 18.3 Å². The summed E-state index contributed by atoms with van der Waals surface area (Å²) in [6.07, 6.45) is -3.40. The summed E-state index contributed by atoms with van der Waals surface area (Å²) in [6, 6.07) is 0. The van der Waals surface area contributed by atoms with E-state index in [-0.39, 0.29) is 44.9 Å². The highest BCUT2D eigenvalue weighted by Gasteiger charge is 2.43. The Morgan fingerprint density at radius 3 is 2.46 bits per heavy atom. The predicted molar refractivity (Wildman–Crippen MR) is 88.2 cm³/mol. The van der Waals surface area contributed by atoms with Crippen molar-refractivity contribution in [2.45, 2.75) is 66.0 Å². The van der Waals surface area contributed by atoms with Crippen molar-refractivity contribution < 1.29 is 34.0 Å². The first-order valence-corrected chi connectivity index (χ1v) is 8.01. The second-order valence-electron chi connectivity index (χ2n) is 6.74. The molecule has 1 fully saturated rings. The van der Waals surface area contributed by atoms with E-state index < -0.39 is 24.4 Å². The Bertz CT molecular complexity index is 383. The van der Waals surface area contributed by atoms with E-state index in [2.05, 4.69) is 4.74 Å². The van der Waals surface area contributed by atoms with Gasteiger partial charge in [0.15, 0.2) is 6.10 Å². The van der Waals surface area contributed by atoms with Crippen molar-refractivity contribution in [3.05, 3.63) is 0 Å². The Hall–Kier alpha value is -1.18. The van der Waals surface area contributed by atoms with Crippen molar-refractivity contribution in [1.29, 1.82) is 0 Å². The van der Waals surface area contributed by atoms with Crippen molar-refractivity contribution in [2.24, 2.45) is 17.8 Å². The van der Waals surface area contributed by atoms with Crippen molar-refractivity contribution in [3.8, 4) is 0 Å². The fourth-order valence-electron chi connectivity index (χ4n) is 2.67. The summed E-state index contributed by atoms with van der Waals surface area (Å²) < 4.78 is 15.1. The van der Waals surface area contributed by atoms with Gasteiger partial charge in [0.2, 0.25) is 0 Å². The Morgan fingerprint density at radius 1 is 1.33 bits per heavy atom. The van der Waals surface area contributed by atoms with Gasteiger partial charge < -0.3 is 24.4 Å². The molecule has 142 valence electrons. The van der Waals surface area contributed by atoms with Crippen molar-refractivity contribution in [3.63, 3.8) is 0 Å². The number of rotatable bonds is 9. The third kappa shape index (κ3) is 6.37. The molecule has 24 heavy (non-hydrogen) atoms. The van der Waals surface area contributed by atoms with Gasteiger partial charge >= 0.3 is 5.97 Å². The Balaban J connectivity index is 0.00000529. The third-order valence-corrected chi connectivity index (χ3v) is 3.99. The second kappa shape index (κ2) is 10.6. The SMILES string of the molecule is C.CC(C)CC(C(=O)OC1COC(C(O)COC=O)C1O)C(C)C. The lowest BCUT2D eigenvalue weighted by Crippen LogP contribution is -2.42. The molecular formula is C17H32O7. The van der Waals surface area contributed by atoms with Gasteiger partial charge in [-0.15, -0.1) is 0 Å². The zero-order valence-electron chi connectivity index (χ0n) is 14.2. The maximum Gasteiger partial charge on any atom is 0.309 e. The quantitative estimate of drug-likeness (QED) is 0.476. The molecule has 1 heterocycles. The van der Waals surface area contributed by atoms with Crippen molar-refractivity contribution >= 4 is 12.4 Å². The van der Waals surface area contributed by atoms with Crippen LogP contribution in [0.4, 0.5) is 0 Å². The maximum absolute atomic E-state index is 12.3.